The van der Waals surface area contributed by atoms with E-state index in [1.165, 1.54) is 5.56 Å². The molecule has 2 unspecified atom stereocenters. The molecule has 1 aliphatic rings. The molecule has 0 saturated carbocycles. The summed E-state index contributed by atoms with van der Waals surface area (Å²) >= 11 is 0. The fourth-order valence-corrected chi connectivity index (χ4v) is 1.53. The van der Waals surface area contributed by atoms with Gasteiger partial charge in [-0.15, -0.1) is 0 Å². The fraction of sp³-hybridized carbons (Fsp3) is 0.455. The monoisotopic (exact) mass is 178 g/mol. The van der Waals surface area contributed by atoms with Crippen LogP contribution in [-0.2, 0) is 11.2 Å². The van der Waals surface area contributed by atoms with Crippen LogP contribution in [0.3, 0.4) is 0 Å². The van der Waals surface area contributed by atoms with Crippen LogP contribution < -0.4 is 4.74 Å². The first kappa shape index (κ1) is 8.57. The summed E-state index contributed by atoms with van der Waals surface area (Å²) in [5.41, 5.74) is 1.24. The van der Waals surface area contributed by atoms with E-state index in [0.29, 0.717) is 12.2 Å². The van der Waals surface area contributed by atoms with Gasteiger partial charge >= 0.3 is 0 Å². The first-order chi connectivity index (χ1) is 6.31. The third-order valence-electron chi connectivity index (χ3n) is 2.45. The zero-order valence-corrected chi connectivity index (χ0v) is 7.99. The highest BCUT2D eigenvalue weighted by Gasteiger charge is 2.34. The quantitative estimate of drug-likeness (QED) is 0.660. The number of para-hydroxylation sites is 1. The van der Waals surface area contributed by atoms with Crippen LogP contribution in [-0.4, -0.2) is 19.3 Å². The standard InChI is InChI=1S/C11H14O2/c1-8-11(13-8)7-9-5-3-4-6-10(9)12-2/h3-6,8,11H,7H2,1-2H3. The van der Waals surface area contributed by atoms with Crippen LogP contribution >= 0.6 is 0 Å². The molecule has 2 nitrogen and oxygen atoms in total. The number of rotatable bonds is 3. The summed E-state index contributed by atoms with van der Waals surface area (Å²) in [6.45, 7) is 2.10. The largest absolute Gasteiger partial charge is 0.496 e. The number of epoxide rings is 1. The Hall–Kier alpha value is -1.02. The molecule has 1 aromatic rings. The lowest BCUT2D eigenvalue weighted by molar-refractivity contribution is 0.372. The number of hydrogen-bond acceptors (Lipinski definition) is 2. The van der Waals surface area contributed by atoms with E-state index in [1.807, 2.05) is 18.2 Å². The first-order valence-corrected chi connectivity index (χ1v) is 4.58. The van der Waals surface area contributed by atoms with Crippen molar-refractivity contribution in [2.75, 3.05) is 7.11 Å². The highest BCUT2D eigenvalue weighted by atomic mass is 16.6. The lowest BCUT2D eigenvalue weighted by Gasteiger charge is -2.05. The van der Waals surface area contributed by atoms with E-state index in [4.69, 9.17) is 9.47 Å². The van der Waals surface area contributed by atoms with Gasteiger partial charge in [0.2, 0.25) is 0 Å². The number of benzene rings is 1. The van der Waals surface area contributed by atoms with Gasteiger partial charge in [-0.1, -0.05) is 18.2 Å². The molecule has 1 heterocycles. The second-order valence-electron chi connectivity index (χ2n) is 3.40. The number of hydrogen-bond donors (Lipinski definition) is 0. The summed E-state index contributed by atoms with van der Waals surface area (Å²) in [6, 6.07) is 8.10. The molecule has 2 heteroatoms. The molecule has 0 aromatic heterocycles. The second kappa shape index (κ2) is 3.38. The first-order valence-electron chi connectivity index (χ1n) is 4.58. The molecule has 1 fully saturated rings. The van der Waals surface area contributed by atoms with Crippen molar-refractivity contribution in [2.24, 2.45) is 0 Å². The smallest absolute Gasteiger partial charge is 0.122 e. The van der Waals surface area contributed by atoms with Crippen molar-refractivity contribution in [3.05, 3.63) is 29.8 Å². The summed E-state index contributed by atoms with van der Waals surface area (Å²) in [4.78, 5) is 0. The SMILES string of the molecule is COc1ccccc1CC1OC1C. The topological polar surface area (TPSA) is 21.8 Å². The number of methoxy groups -OCH3 is 1. The molecule has 1 saturated heterocycles. The Morgan fingerprint density at radius 3 is 2.69 bits per heavy atom. The van der Waals surface area contributed by atoms with Crippen LogP contribution in [0.5, 0.6) is 5.75 Å². The van der Waals surface area contributed by atoms with Crippen LogP contribution in [0.2, 0.25) is 0 Å². The Kier molecular flexibility index (Phi) is 2.23. The van der Waals surface area contributed by atoms with Crippen LogP contribution in [0, 0.1) is 0 Å². The predicted molar refractivity (Wildman–Crippen MR) is 51.0 cm³/mol. The molecule has 1 aliphatic heterocycles. The normalized spacial score (nSPS) is 25.7. The van der Waals surface area contributed by atoms with Gasteiger partial charge < -0.3 is 9.47 Å². The third kappa shape index (κ3) is 1.83. The van der Waals surface area contributed by atoms with Crippen LogP contribution in [0.25, 0.3) is 0 Å². The molecule has 70 valence electrons. The molecule has 1 aromatic carbocycles. The minimum absolute atomic E-state index is 0.399. The van der Waals surface area contributed by atoms with Gasteiger partial charge in [0.05, 0.1) is 19.3 Å². The molecule has 0 aliphatic carbocycles. The Balaban J connectivity index is 2.09. The van der Waals surface area contributed by atoms with Gasteiger partial charge in [-0.05, 0) is 18.6 Å². The Morgan fingerprint density at radius 1 is 1.38 bits per heavy atom. The lowest BCUT2D eigenvalue weighted by Crippen LogP contribution is -1.98. The van der Waals surface area contributed by atoms with Crippen molar-refractivity contribution in [1.29, 1.82) is 0 Å². The molecule has 0 amide bonds. The number of ether oxygens (including phenoxy) is 2. The van der Waals surface area contributed by atoms with Gasteiger partial charge in [-0.2, -0.15) is 0 Å². The minimum atomic E-state index is 0.399. The Labute approximate surface area is 78.5 Å². The van der Waals surface area contributed by atoms with E-state index < -0.39 is 0 Å². The molecule has 2 atom stereocenters. The molecule has 0 radical (unpaired) electrons. The average molecular weight is 178 g/mol. The Bertz CT molecular complexity index is 296. The van der Waals surface area contributed by atoms with Gasteiger partial charge in [0.25, 0.3) is 0 Å². The highest BCUT2D eigenvalue weighted by molar-refractivity contribution is 5.34. The maximum atomic E-state index is 5.36. The molecule has 0 bridgehead atoms. The van der Waals surface area contributed by atoms with Gasteiger partial charge in [-0.3, -0.25) is 0 Å². The van der Waals surface area contributed by atoms with Gasteiger partial charge in [0.1, 0.15) is 5.75 Å². The zero-order chi connectivity index (χ0) is 9.26. The summed E-state index contributed by atoms with van der Waals surface area (Å²) in [5, 5.41) is 0. The molecule has 13 heavy (non-hydrogen) atoms. The molecule has 0 spiro atoms. The summed E-state index contributed by atoms with van der Waals surface area (Å²) in [5.74, 6) is 0.963. The molecule has 2 rings (SSSR count). The maximum absolute atomic E-state index is 5.36. The summed E-state index contributed by atoms with van der Waals surface area (Å²) in [7, 11) is 1.70. The predicted octanol–water partition coefficient (Wildman–Crippen LogP) is 2.02. The third-order valence-corrected chi connectivity index (χ3v) is 2.45. The molecule has 0 N–H and O–H groups in total. The van der Waals surface area contributed by atoms with Crippen molar-refractivity contribution >= 4 is 0 Å². The van der Waals surface area contributed by atoms with Crippen molar-refractivity contribution in [3.63, 3.8) is 0 Å². The minimum Gasteiger partial charge on any atom is -0.496 e. The van der Waals surface area contributed by atoms with Crippen molar-refractivity contribution < 1.29 is 9.47 Å². The lowest BCUT2D eigenvalue weighted by atomic mass is 10.1. The van der Waals surface area contributed by atoms with E-state index in [9.17, 15) is 0 Å². The Morgan fingerprint density at radius 2 is 2.08 bits per heavy atom. The van der Waals surface area contributed by atoms with E-state index in [0.717, 1.165) is 12.2 Å². The van der Waals surface area contributed by atoms with E-state index in [1.54, 1.807) is 7.11 Å². The second-order valence-corrected chi connectivity index (χ2v) is 3.40. The average Bonchev–Trinajstić information content (AvgIpc) is 2.83. The zero-order valence-electron chi connectivity index (χ0n) is 7.99. The van der Waals surface area contributed by atoms with Crippen molar-refractivity contribution in [2.45, 2.75) is 25.6 Å². The fourth-order valence-electron chi connectivity index (χ4n) is 1.53. The van der Waals surface area contributed by atoms with E-state index in [-0.39, 0.29) is 0 Å². The van der Waals surface area contributed by atoms with Crippen LogP contribution in [0.4, 0.5) is 0 Å². The van der Waals surface area contributed by atoms with Crippen LogP contribution in [0.1, 0.15) is 12.5 Å². The molecular formula is C11H14O2. The van der Waals surface area contributed by atoms with Gasteiger partial charge in [-0.25, -0.2) is 0 Å². The summed E-state index contributed by atoms with van der Waals surface area (Å²) in [6.07, 6.45) is 1.78. The van der Waals surface area contributed by atoms with Gasteiger partial charge in [0.15, 0.2) is 0 Å². The maximum Gasteiger partial charge on any atom is 0.122 e. The van der Waals surface area contributed by atoms with Gasteiger partial charge in [0, 0.05) is 6.42 Å². The van der Waals surface area contributed by atoms with Crippen molar-refractivity contribution in [1.82, 2.24) is 0 Å². The highest BCUT2D eigenvalue weighted by Crippen LogP contribution is 2.28. The van der Waals surface area contributed by atoms with Crippen LogP contribution in [0.15, 0.2) is 24.3 Å². The summed E-state index contributed by atoms with van der Waals surface area (Å²) < 4.78 is 10.6. The van der Waals surface area contributed by atoms with E-state index >= 15 is 0 Å². The van der Waals surface area contributed by atoms with E-state index in [2.05, 4.69) is 13.0 Å². The van der Waals surface area contributed by atoms with Crippen molar-refractivity contribution in [3.8, 4) is 5.75 Å². The molecular weight excluding hydrogens is 164 g/mol.